The van der Waals surface area contributed by atoms with E-state index in [1.165, 1.54) is 26.0 Å². The lowest BCUT2D eigenvalue weighted by atomic mass is 9.90. The van der Waals surface area contributed by atoms with E-state index in [4.69, 9.17) is 0 Å². The molecule has 1 atom stereocenters. The van der Waals surface area contributed by atoms with Crippen LogP contribution in [-0.4, -0.2) is 28.6 Å². The lowest BCUT2D eigenvalue weighted by Gasteiger charge is -2.38. The Morgan fingerprint density at radius 3 is 2.52 bits per heavy atom. The SMILES string of the molecule is CC(C)(F)CN1CCc2c([nH]c3ccccc23)C1c1c(F)cc(Br)cc1F. The summed E-state index contributed by atoms with van der Waals surface area (Å²) in [4.78, 5) is 5.17. The highest BCUT2D eigenvalue weighted by atomic mass is 79.9. The third kappa shape index (κ3) is 3.41. The molecule has 2 heterocycles. The standard InChI is InChI=1S/C21H20BrF3N2/c1-21(2,25)11-27-8-7-14-13-5-3-4-6-17(13)26-19(14)20(27)18-15(23)9-12(22)10-16(18)24/h3-6,9-10,20,26H,7-8,11H2,1-2H3. The minimum Gasteiger partial charge on any atom is -0.357 e. The van der Waals surface area contributed by atoms with Crippen LogP contribution in [0, 0.1) is 11.6 Å². The normalized spacial score (nSPS) is 18.1. The third-order valence-electron chi connectivity index (χ3n) is 5.03. The number of fused-ring (bicyclic) bond motifs is 3. The van der Waals surface area contributed by atoms with Gasteiger partial charge in [-0.1, -0.05) is 34.1 Å². The van der Waals surface area contributed by atoms with Gasteiger partial charge in [0.05, 0.1) is 6.04 Å². The van der Waals surface area contributed by atoms with Crippen LogP contribution in [-0.2, 0) is 6.42 Å². The predicted octanol–water partition coefficient (Wildman–Crippen LogP) is 5.90. The van der Waals surface area contributed by atoms with Crippen molar-refractivity contribution >= 4 is 26.8 Å². The molecule has 0 amide bonds. The van der Waals surface area contributed by atoms with Gasteiger partial charge in [-0.2, -0.15) is 0 Å². The van der Waals surface area contributed by atoms with Gasteiger partial charge in [0.15, 0.2) is 0 Å². The third-order valence-corrected chi connectivity index (χ3v) is 5.49. The summed E-state index contributed by atoms with van der Waals surface area (Å²) in [6.45, 7) is 3.58. The molecular weight excluding hydrogens is 417 g/mol. The predicted molar refractivity (Wildman–Crippen MR) is 105 cm³/mol. The molecule has 2 aromatic carbocycles. The van der Waals surface area contributed by atoms with Gasteiger partial charge >= 0.3 is 0 Å². The molecule has 0 aliphatic carbocycles. The molecule has 0 saturated carbocycles. The van der Waals surface area contributed by atoms with E-state index in [1.807, 2.05) is 29.2 Å². The lowest BCUT2D eigenvalue weighted by Crippen LogP contribution is -2.43. The monoisotopic (exact) mass is 436 g/mol. The van der Waals surface area contributed by atoms with Gasteiger partial charge in [0, 0.05) is 39.7 Å². The van der Waals surface area contributed by atoms with Crippen molar-refractivity contribution in [3.63, 3.8) is 0 Å². The molecule has 2 nitrogen and oxygen atoms in total. The molecule has 1 N–H and O–H groups in total. The molecule has 27 heavy (non-hydrogen) atoms. The Morgan fingerprint density at radius 1 is 1.19 bits per heavy atom. The first-order valence-electron chi connectivity index (χ1n) is 8.91. The Kier molecular flexibility index (Phi) is 4.59. The molecule has 0 spiro atoms. The van der Waals surface area contributed by atoms with Gasteiger partial charge in [-0.25, -0.2) is 13.2 Å². The van der Waals surface area contributed by atoms with Crippen LogP contribution in [0.2, 0.25) is 0 Å². The zero-order valence-electron chi connectivity index (χ0n) is 15.1. The van der Waals surface area contributed by atoms with Crippen LogP contribution >= 0.6 is 15.9 Å². The topological polar surface area (TPSA) is 19.0 Å². The van der Waals surface area contributed by atoms with E-state index in [1.54, 1.807) is 0 Å². The Labute approximate surface area is 164 Å². The minimum absolute atomic E-state index is 0.0463. The highest BCUT2D eigenvalue weighted by Gasteiger charge is 2.37. The van der Waals surface area contributed by atoms with Gasteiger partial charge in [0.25, 0.3) is 0 Å². The zero-order chi connectivity index (χ0) is 19.3. The number of benzene rings is 2. The minimum atomic E-state index is -1.48. The molecule has 0 saturated heterocycles. The molecular formula is C21H20BrF3N2. The van der Waals surface area contributed by atoms with Crippen LogP contribution < -0.4 is 0 Å². The maximum Gasteiger partial charge on any atom is 0.132 e. The Balaban J connectivity index is 1.93. The fraction of sp³-hybridized carbons (Fsp3) is 0.333. The van der Waals surface area contributed by atoms with Crippen molar-refractivity contribution in [2.24, 2.45) is 0 Å². The largest absolute Gasteiger partial charge is 0.357 e. The van der Waals surface area contributed by atoms with E-state index < -0.39 is 23.3 Å². The zero-order valence-corrected chi connectivity index (χ0v) is 16.7. The Morgan fingerprint density at radius 2 is 1.85 bits per heavy atom. The highest BCUT2D eigenvalue weighted by Crippen LogP contribution is 2.41. The molecule has 0 radical (unpaired) electrons. The number of nitrogens with one attached hydrogen (secondary N) is 1. The van der Waals surface area contributed by atoms with Crippen molar-refractivity contribution in [2.45, 2.75) is 32.0 Å². The molecule has 0 bridgehead atoms. The first-order valence-corrected chi connectivity index (χ1v) is 9.71. The summed E-state index contributed by atoms with van der Waals surface area (Å²) < 4.78 is 44.5. The van der Waals surface area contributed by atoms with Gasteiger partial charge in [0.2, 0.25) is 0 Å². The fourth-order valence-corrected chi connectivity index (χ4v) is 4.49. The molecule has 1 aromatic heterocycles. The number of rotatable bonds is 3. The number of H-pyrrole nitrogens is 1. The van der Waals surface area contributed by atoms with E-state index in [0.29, 0.717) is 17.4 Å². The van der Waals surface area contributed by atoms with Gasteiger partial charge in [0.1, 0.15) is 17.3 Å². The molecule has 1 aliphatic heterocycles. The van der Waals surface area contributed by atoms with E-state index in [2.05, 4.69) is 20.9 Å². The van der Waals surface area contributed by atoms with Gasteiger partial charge in [-0.3, -0.25) is 4.90 Å². The number of aromatic nitrogens is 1. The van der Waals surface area contributed by atoms with Crippen molar-refractivity contribution < 1.29 is 13.2 Å². The molecule has 3 aromatic rings. The maximum atomic E-state index is 14.8. The van der Waals surface area contributed by atoms with Crippen LogP contribution in [0.1, 0.15) is 36.7 Å². The summed E-state index contributed by atoms with van der Waals surface area (Å²) >= 11 is 3.13. The highest BCUT2D eigenvalue weighted by molar-refractivity contribution is 9.10. The van der Waals surface area contributed by atoms with Crippen LogP contribution in [0.4, 0.5) is 13.2 Å². The summed E-state index contributed by atoms with van der Waals surface area (Å²) in [5.74, 6) is -1.28. The van der Waals surface area contributed by atoms with E-state index in [-0.39, 0.29) is 12.1 Å². The van der Waals surface area contributed by atoms with Gasteiger partial charge < -0.3 is 4.98 Å². The summed E-state index contributed by atoms with van der Waals surface area (Å²) in [7, 11) is 0. The lowest BCUT2D eigenvalue weighted by molar-refractivity contribution is 0.0963. The van der Waals surface area contributed by atoms with Crippen molar-refractivity contribution in [1.29, 1.82) is 0 Å². The summed E-state index contributed by atoms with van der Waals surface area (Å²) in [6, 6.07) is 9.63. The van der Waals surface area contributed by atoms with Crippen molar-refractivity contribution in [3.05, 3.63) is 69.3 Å². The fourth-order valence-electron chi connectivity index (χ4n) is 4.09. The molecule has 6 heteroatoms. The first-order chi connectivity index (χ1) is 12.7. The van der Waals surface area contributed by atoms with E-state index >= 15 is 0 Å². The number of nitrogens with zero attached hydrogens (tertiary/aromatic N) is 1. The van der Waals surface area contributed by atoms with Crippen molar-refractivity contribution in [3.8, 4) is 0 Å². The summed E-state index contributed by atoms with van der Waals surface area (Å²) in [5, 5.41) is 1.05. The Bertz CT molecular complexity index is 983. The molecule has 1 aliphatic rings. The molecule has 0 fully saturated rings. The van der Waals surface area contributed by atoms with Gasteiger partial charge in [-0.15, -0.1) is 0 Å². The molecule has 142 valence electrons. The second-order valence-electron chi connectivity index (χ2n) is 7.69. The average Bonchev–Trinajstić information content (AvgIpc) is 2.93. The van der Waals surface area contributed by atoms with Crippen molar-refractivity contribution in [2.75, 3.05) is 13.1 Å². The number of alkyl halides is 1. The second-order valence-corrected chi connectivity index (χ2v) is 8.60. The molecule has 1 unspecified atom stereocenters. The maximum absolute atomic E-state index is 14.8. The van der Waals surface area contributed by atoms with Crippen molar-refractivity contribution in [1.82, 2.24) is 9.88 Å². The smallest absolute Gasteiger partial charge is 0.132 e. The number of hydrogen-bond acceptors (Lipinski definition) is 1. The number of hydrogen-bond donors (Lipinski definition) is 1. The first kappa shape index (κ1) is 18.6. The van der Waals surface area contributed by atoms with Crippen LogP contribution in [0.25, 0.3) is 10.9 Å². The summed E-state index contributed by atoms with van der Waals surface area (Å²) in [5.41, 5.74) is 1.18. The quantitative estimate of drug-likeness (QED) is 0.540. The molecule has 4 rings (SSSR count). The van der Waals surface area contributed by atoms with E-state index in [0.717, 1.165) is 22.2 Å². The Hall–Kier alpha value is -1.79. The van der Waals surface area contributed by atoms with Crippen LogP contribution in [0.3, 0.4) is 0 Å². The van der Waals surface area contributed by atoms with Crippen LogP contribution in [0.5, 0.6) is 0 Å². The summed E-state index contributed by atoms with van der Waals surface area (Å²) in [6.07, 6.45) is 0.700. The van der Waals surface area contributed by atoms with Crippen LogP contribution in [0.15, 0.2) is 40.9 Å². The number of aromatic amines is 1. The van der Waals surface area contributed by atoms with E-state index in [9.17, 15) is 13.2 Å². The number of para-hydroxylation sites is 1. The number of halogens is 4. The van der Waals surface area contributed by atoms with Gasteiger partial charge in [-0.05, 0) is 44.0 Å². The second kappa shape index (κ2) is 6.67. The average molecular weight is 437 g/mol.